The molecule has 0 aliphatic carbocycles. The molecule has 0 bridgehead atoms. The Morgan fingerprint density at radius 2 is 1.94 bits per heavy atom. The summed E-state index contributed by atoms with van der Waals surface area (Å²) in [7, 11) is 0. The van der Waals surface area contributed by atoms with Gasteiger partial charge in [0, 0.05) is 19.4 Å². The van der Waals surface area contributed by atoms with Gasteiger partial charge in [0.2, 0.25) is 0 Å². The van der Waals surface area contributed by atoms with Crippen molar-refractivity contribution in [3.8, 4) is 0 Å². The average Bonchev–Trinajstić information content (AvgIpc) is 2.20. The van der Waals surface area contributed by atoms with Gasteiger partial charge in [-0.1, -0.05) is 13.0 Å². The average molecular weight is 230 g/mol. The molecule has 0 amide bonds. The van der Waals surface area contributed by atoms with Crippen LogP contribution in [0.2, 0.25) is 0 Å². The molecule has 0 aromatic rings. The van der Waals surface area contributed by atoms with E-state index in [9.17, 15) is 9.59 Å². The van der Waals surface area contributed by atoms with Crippen molar-refractivity contribution in [2.45, 2.75) is 33.3 Å². The molecule has 1 N–H and O–H groups in total. The fourth-order valence-electron chi connectivity index (χ4n) is 1.21. The van der Waals surface area contributed by atoms with Gasteiger partial charge in [-0.25, -0.2) is 0 Å². The molecule has 1 atom stereocenters. The van der Waals surface area contributed by atoms with Crippen LogP contribution in [-0.4, -0.2) is 36.4 Å². The highest BCUT2D eigenvalue weighted by molar-refractivity contribution is 5.67. The summed E-state index contributed by atoms with van der Waals surface area (Å²) in [5, 5.41) is 8.82. The Balaban J connectivity index is 4.53. The lowest BCUT2D eigenvalue weighted by Gasteiger charge is -2.18. The number of ether oxygens (including phenoxy) is 2. The van der Waals surface area contributed by atoms with Crippen molar-refractivity contribution in [1.29, 1.82) is 0 Å². The number of hydrogen-bond acceptors (Lipinski definition) is 5. The van der Waals surface area contributed by atoms with Crippen LogP contribution in [0.1, 0.15) is 27.2 Å². The summed E-state index contributed by atoms with van der Waals surface area (Å²) < 4.78 is 9.85. The number of esters is 2. The van der Waals surface area contributed by atoms with E-state index in [-0.39, 0.29) is 13.2 Å². The van der Waals surface area contributed by atoms with Gasteiger partial charge in [0.05, 0.1) is 6.61 Å². The molecule has 5 heteroatoms. The van der Waals surface area contributed by atoms with Gasteiger partial charge in [0.1, 0.15) is 12.7 Å². The van der Waals surface area contributed by atoms with Crippen molar-refractivity contribution in [3.63, 3.8) is 0 Å². The van der Waals surface area contributed by atoms with Gasteiger partial charge in [-0.3, -0.25) is 9.59 Å². The molecule has 0 fully saturated rings. The zero-order chi connectivity index (χ0) is 12.6. The Bertz CT molecular complexity index is 270. The summed E-state index contributed by atoms with van der Waals surface area (Å²) in [5.74, 6) is -0.819. The smallest absolute Gasteiger partial charge is 0.303 e. The van der Waals surface area contributed by atoms with Gasteiger partial charge < -0.3 is 14.6 Å². The van der Waals surface area contributed by atoms with Crippen LogP contribution in [0.3, 0.4) is 0 Å². The molecule has 0 saturated carbocycles. The van der Waals surface area contributed by atoms with Crippen molar-refractivity contribution in [2.75, 3.05) is 13.2 Å². The second kappa shape index (κ2) is 7.87. The van der Waals surface area contributed by atoms with Gasteiger partial charge in [-0.2, -0.15) is 0 Å². The minimum Gasteiger partial charge on any atom is -0.461 e. The minimum absolute atomic E-state index is 0.0294. The summed E-state index contributed by atoms with van der Waals surface area (Å²) in [6.07, 6.45) is 1.59. The molecule has 0 aromatic heterocycles. The van der Waals surface area contributed by atoms with Gasteiger partial charge in [-0.05, 0) is 6.42 Å². The van der Waals surface area contributed by atoms with Gasteiger partial charge >= 0.3 is 11.9 Å². The molecule has 16 heavy (non-hydrogen) atoms. The van der Waals surface area contributed by atoms with Crippen molar-refractivity contribution in [3.05, 3.63) is 11.6 Å². The van der Waals surface area contributed by atoms with Gasteiger partial charge in [-0.15, -0.1) is 0 Å². The summed E-state index contributed by atoms with van der Waals surface area (Å²) in [4.78, 5) is 21.5. The normalized spacial score (nSPS) is 13.1. The van der Waals surface area contributed by atoms with Crippen LogP contribution in [0.5, 0.6) is 0 Å². The first-order chi connectivity index (χ1) is 7.51. The zero-order valence-corrected chi connectivity index (χ0v) is 9.86. The predicted molar refractivity (Wildman–Crippen MR) is 57.6 cm³/mol. The Labute approximate surface area is 95.0 Å². The topological polar surface area (TPSA) is 72.8 Å². The highest BCUT2D eigenvalue weighted by Gasteiger charge is 2.16. The van der Waals surface area contributed by atoms with Crippen LogP contribution < -0.4 is 0 Å². The molecule has 92 valence electrons. The molecule has 0 aromatic carbocycles. The molecular formula is C11H18O5. The van der Waals surface area contributed by atoms with E-state index in [4.69, 9.17) is 14.6 Å². The SMILES string of the molecule is CCC(OC(C)=O)/C(=C/CO)COC(C)=O. The Morgan fingerprint density at radius 3 is 2.31 bits per heavy atom. The predicted octanol–water partition coefficient (Wildman–Crippen LogP) is 0.810. The zero-order valence-electron chi connectivity index (χ0n) is 9.86. The maximum Gasteiger partial charge on any atom is 0.303 e. The highest BCUT2D eigenvalue weighted by Crippen LogP contribution is 2.12. The minimum atomic E-state index is -0.455. The second-order valence-corrected chi connectivity index (χ2v) is 3.25. The Hall–Kier alpha value is -1.36. The van der Waals surface area contributed by atoms with Crippen LogP contribution in [0.15, 0.2) is 11.6 Å². The molecule has 0 saturated heterocycles. The number of carbonyl (C=O) groups excluding carboxylic acids is 2. The van der Waals surface area contributed by atoms with Crippen LogP contribution in [-0.2, 0) is 19.1 Å². The van der Waals surface area contributed by atoms with E-state index in [0.717, 1.165) is 0 Å². The molecule has 5 nitrogen and oxygen atoms in total. The van der Waals surface area contributed by atoms with E-state index in [1.54, 1.807) is 0 Å². The lowest BCUT2D eigenvalue weighted by atomic mass is 10.1. The standard InChI is InChI=1S/C11H18O5/c1-4-11(16-9(3)14)10(5-6-12)7-15-8(2)13/h5,11-12H,4,6-7H2,1-3H3/b10-5+. The maximum atomic E-state index is 10.8. The molecule has 0 aliphatic heterocycles. The van der Waals surface area contributed by atoms with E-state index in [0.29, 0.717) is 12.0 Å². The van der Waals surface area contributed by atoms with Crippen molar-refractivity contribution in [2.24, 2.45) is 0 Å². The molecule has 0 spiro atoms. The quantitative estimate of drug-likeness (QED) is 0.540. The summed E-state index contributed by atoms with van der Waals surface area (Å²) >= 11 is 0. The summed E-state index contributed by atoms with van der Waals surface area (Å²) in [6.45, 7) is 4.29. The maximum absolute atomic E-state index is 10.8. The number of carbonyl (C=O) groups is 2. The Morgan fingerprint density at radius 1 is 1.31 bits per heavy atom. The molecule has 0 heterocycles. The number of hydrogen-bond donors (Lipinski definition) is 1. The van der Waals surface area contributed by atoms with E-state index in [2.05, 4.69) is 0 Å². The number of aliphatic hydroxyl groups is 1. The fourth-order valence-corrected chi connectivity index (χ4v) is 1.21. The number of rotatable bonds is 6. The second-order valence-electron chi connectivity index (χ2n) is 3.25. The molecule has 0 radical (unpaired) electrons. The lowest BCUT2D eigenvalue weighted by Crippen LogP contribution is -2.22. The Kier molecular flexibility index (Phi) is 7.20. The monoisotopic (exact) mass is 230 g/mol. The van der Waals surface area contributed by atoms with Crippen LogP contribution in [0.4, 0.5) is 0 Å². The van der Waals surface area contributed by atoms with Crippen molar-refractivity contribution < 1.29 is 24.2 Å². The van der Waals surface area contributed by atoms with E-state index in [1.807, 2.05) is 6.92 Å². The first-order valence-electron chi connectivity index (χ1n) is 5.11. The van der Waals surface area contributed by atoms with Crippen LogP contribution in [0, 0.1) is 0 Å². The summed E-state index contributed by atoms with van der Waals surface area (Å²) in [5.41, 5.74) is 0.593. The fraction of sp³-hybridized carbons (Fsp3) is 0.636. The van der Waals surface area contributed by atoms with Crippen LogP contribution in [0.25, 0.3) is 0 Å². The van der Waals surface area contributed by atoms with Gasteiger partial charge in [0.25, 0.3) is 0 Å². The first-order valence-corrected chi connectivity index (χ1v) is 5.11. The van der Waals surface area contributed by atoms with Crippen molar-refractivity contribution in [1.82, 2.24) is 0 Å². The molecule has 0 rings (SSSR count). The summed E-state index contributed by atoms with van der Waals surface area (Å²) in [6, 6.07) is 0. The third-order valence-electron chi connectivity index (χ3n) is 1.89. The molecule has 1 unspecified atom stereocenters. The van der Waals surface area contributed by atoms with Crippen molar-refractivity contribution >= 4 is 11.9 Å². The third-order valence-corrected chi connectivity index (χ3v) is 1.89. The number of aliphatic hydroxyl groups excluding tert-OH is 1. The van der Waals surface area contributed by atoms with Crippen LogP contribution >= 0.6 is 0 Å². The molecular weight excluding hydrogens is 212 g/mol. The van der Waals surface area contributed by atoms with E-state index < -0.39 is 18.0 Å². The van der Waals surface area contributed by atoms with Gasteiger partial charge in [0.15, 0.2) is 0 Å². The molecule has 0 aliphatic rings. The lowest BCUT2D eigenvalue weighted by molar-refractivity contribution is -0.145. The first kappa shape index (κ1) is 14.6. The highest BCUT2D eigenvalue weighted by atomic mass is 16.6. The largest absolute Gasteiger partial charge is 0.461 e. The third kappa shape index (κ3) is 6.19. The van der Waals surface area contributed by atoms with E-state index in [1.165, 1.54) is 19.9 Å². The van der Waals surface area contributed by atoms with E-state index >= 15 is 0 Å².